The summed E-state index contributed by atoms with van der Waals surface area (Å²) >= 11 is 0. The number of anilines is 1. The second-order valence-electron chi connectivity index (χ2n) is 9.21. The van der Waals surface area contributed by atoms with Gasteiger partial charge in [0.2, 0.25) is 0 Å². The molecule has 1 aromatic carbocycles. The molecule has 0 saturated heterocycles. The number of ether oxygens (including phenoxy) is 1. The van der Waals surface area contributed by atoms with Crippen LogP contribution in [-0.4, -0.2) is 59.2 Å². The Balaban J connectivity index is 1.60. The quantitative estimate of drug-likeness (QED) is 0.327. The van der Waals surface area contributed by atoms with Gasteiger partial charge in [-0.1, -0.05) is 0 Å². The lowest BCUT2D eigenvalue weighted by Gasteiger charge is -2.26. The van der Waals surface area contributed by atoms with Crippen LogP contribution in [0.2, 0.25) is 0 Å². The minimum absolute atomic E-state index is 0.0254. The van der Waals surface area contributed by atoms with Crippen LogP contribution >= 0.6 is 0 Å². The van der Waals surface area contributed by atoms with Gasteiger partial charge in [0.05, 0.1) is 30.0 Å². The van der Waals surface area contributed by atoms with E-state index in [1.165, 1.54) is 25.0 Å². The van der Waals surface area contributed by atoms with E-state index in [2.05, 4.69) is 15.6 Å². The van der Waals surface area contributed by atoms with Crippen molar-refractivity contribution in [3.05, 3.63) is 46.9 Å². The van der Waals surface area contributed by atoms with Crippen LogP contribution in [0.15, 0.2) is 40.8 Å². The van der Waals surface area contributed by atoms with Crippen molar-refractivity contribution in [2.75, 3.05) is 18.5 Å². The molecule has 180 valence electrons. The minimum atomic E-state index is -1.62. The highest BCUT2D eigenvalue weighted by Crippen LogP contribution is 2.37. The monoisotopic (exact) mass is 469 g/mol. The summed E-state index contributed by atoms with van der Waals surface area (Å²) in [5.74, 6) is 0.0929. The Morgan fingerprint density at radius 2 is 2.24 bits per heavy atom. The van der Waals surface area contributed by atoms with Gasteiger partial charge in [-0.25, -0.2) is 9.38 Å². The predicted molar refractivity (Wildman–Crippen MR) is 126 cm³/mol. The van der Waals surface area contributed by atoms with Crippen LogP contribution in [0, 0.1) is 11.3 Å². The van der Waals surface area contributed by atoms with Crippen molar-refractivity contribution in [3.8, 4) is 5.75 Å². The van der Waals surface area contributed by atoms with Crippen LogP contribution in [0.3, 0.4) is 0 Å². The molecule has 4 rings (SSSR count). The first-order valence-corrected chi connectivity index (χ1v) is 11.1. The standard InChI is InChI=1S/C24H28FN5O4/c1-24(2,33)20(25)12-30-11-15-8-18(19(9-16(15)23(30)32)34-13-14-4-5-14)29-22(31)17(10-26)21-27-6-3-7-28-21/h3,6-10,14,20,26-27,33H,4-5,11-13H2,1-2H3,(H,29,31)/b21-17-,26-10?/t20-/m1/s1. The van der Waals surface area contributed by atoms with Gasteiger partial charge < -0.3 is 30.8 Å². The molecule has 1 aromatic rings. The first kappa shape index (κ1) is 23.6. The summed E-state index contributed by atoms with van der Waals surface area (Å²) in [5.41, 5.74) is -0.205. The second-order valence-corrected chi connectivity index (χ2v) is 9.21. The SMILES string of the molecule is CC(C)(O)[C@H](F)CN1Cc2cc(NC(=O)/C(C=N)=C3\N=CC=CN3)c(OCC3CC3)cc2C1=O. The maximum absolute atomic E-state index is 14.4. The molecule has 0 radical (unpaired) electrons. The molecular formula is C24H28FN5O4. The smallest absolute Gasteiger partial charge is 0.261 e. The number of carbonyl (C=O) groups is 2. The van der Waals surface area contributed by atoms with Gasteiger partial charge in [0.15, 0.2) is 0 Å². The average molecular weight is 470 g/mol. The third-order valence-electron chi connectivity index (χ3n) is 5.90. The summed E-state index contributed by atoms with van der Waals surface area (Å²) in [6.07, 6.45) is 6.20. The van der Waals surface area contributed by atoms with Gasteiger partial charge in [-0.2, -0.15) is 0 Å². The van der Waals surface area contributed by atoms with Crippen molar-refractivity contribution in [2.45, 2.75) is 45.0 Å². The van der Waals surface area contributed by atoms with Gasteiger partial charge in [-0.15, -0.1) is 0 Å². The first-order chi connectivity index (χ1) is 16.2. The average Bonchev–Trinajstić information content (AvgIpc) is 3.58. The minimum Gasteiger partial charge on any atom is -0.491 e. The molecule has 1 saturated carbocycles. The van der Waals surface area contributed by atoms with Crippen LogP contribution in [0.25, 0.3) is 0 Å². The predicted octanol–water partition coefficient (Wildman–Crippen LogP) is 2.53. The largest absolute Gasteiger partial charge is 0.491 e. The Labute approximate surface area is 196 Å². The summed E-state index contributed by atoms with van der Waals surface area (Å²) in [4.78, 5) is 31.3. The van der Waals surface area contributed by atoms with Gasteiger partial charge in [-0.05, 0) is 56.4 Å². The van der Waals surface area contributed by atoms with Crippen LogP contribution in [0.1, 0.15) is 42.6 Å². The third-order valence-corrected chi connectivity index (χ3v) is 5.90. The fourth-order valence-corrected chi connectivity index (χ4v) is 3.58. The number of fused-ring (bicyclic) bond motifs is 1. The summed E-state index contributed by atoms with van der Waals surface area (Å²) in [5, 5.41) is 23.2. The maximum Gasteiger partial charge on any atom is 0.261 e. The van der Waals surface area contributed by atoms with E-state index in [-0.39, 0.29) is 30.4 Å². The Bertz CT molecular complexity index is 1100. The van der Waals surface area contributed by atoms with Gasteiger partial charge in [0, 0.05) is 30.7 Å². The lowest BCUT2D eigenvalue weighted by molar-refractivity contribution is -0.112. The van der Waals surface area contributed by atoms with Gasteiger partial charge >= 0.3 is 0 Å². The van der Waals surface area contributed by atoms with Gasteiger partial charge in [0.25, 0.3) is 11.8 Å². The number of aliphatic hydroxyl groups is 1. The van der Waals surface area contributed by atoms with Crippen molar-refractivity contribution >= 4 is 29.9 Å². The second kappa shape index (κ2) is 9.38. The maximum atomic E-state index is 14.4. The molecule has 0 unspecified atom stereocenters. The molecule has 1 aliphatic carbocycles. The molecule has 2 aliphatic heterocycles. The van der Waals surface area contributed by atoms with Gasteiger partial charge in [0.1, 0.15) is 17.7 Å². The van der Waals surface area contributed by atoms with Crippen LogP contribution in [0.5, 0.6) is 5.75 Å². The van der Waals surface area contributed by atoms with E-state index in [1.807, 2.05) is 0 Å². The molecule has 34 heavy (non-hydrogen) atoms. The number of aliphatic imine (C=N–C) groups is 1. The molecule has 2 amide bonds. The number of amides is 2. The topological polar surface area (TPSA) is 127 Å². The van der Waals surface area contributed by atoms with Crippen molar-refractivity contribution in [3.63, 3.8) is 0 Å². The number of nitrogens with one attached hydrogen (secondary N) is 3. The van der Waals surface area contributed by atoms with E-state index in [1.54, 1.807) is 24.4 Å². The molecule has 1 fully saturated rings. The highest BCUT2D eigenvalue weighted by Gasteiger charge is 2.35. The Kier molecular flexibility index (Phi) is 6.52. The Hall–Kier alpha value is -3.53. The van der Waals surface area contributed by atoms with E-state index < -0.39 is 17.7 Å². The van der Waals surface area contributed by atoms with Crippen LogP contribution in [-0.2, 0) is 11.3 Å². The number of hydrogen-bond acceptors (Lipinski definition) is 7. The Morgan fingerprint density at radius 3 is 2.85 bits per heavy atom. The molecule has 0 spiro atoms. The molecule has 10 heteroatoms. The number of carbonyl (C=O) groups excluding carboxylic acids is 2. The summed E-state index contributed by atoms with van der Waals surface area (Å²) in [6.45, 7) is 3.07. The number of benzene rings is 1. The van der Waals surface area contributed by atoms with Gasteiger partial charge in [-0.3, -0.25) is 9.59 Å². The number of halogens is 1. The number of alkyl halides is 1. The molecule has 2 heterocycles. The van der Waals surface area contributed by atoms with E-state index in [4.69, 9.17) is 10.1 Å². The highest BCUT2D eigenvalue weighted by atomic mass is 19.1. The van der Waals surface area contributed by atoms with Crippen molar-refractivity contribution in [1.82, 2.24) is 10.2 Å². The van der Waals surface area contributed by atoms with Crippen molar-refractivity contribution in [2.24, 2.45) is 10.9 Å². The van der Waals surface area contributed by atoms with Crippen molar-refractivity contribution < 1.29 is 23.8 Å². The number of hydrogen-bond donors (Lipinski definition) is 4. The van der Waals surface area contributed by atoms with E-state index >= 15 is 0 Å². The lowest BCUT2D eigenvalue weighted by atomic mass is 10.0. The normalized spacial score (nSPS) is 19.4. The number of rotatable bonds is 9. The first-order valence-electron chi connectivity index (χ1n) is 11.1. The molecule has 3 aliphatic rings. The molecular weight excluding hydrogens is 441 g/mol. The summed E-state index contributed by atoms with van der Waals surface area (Å²) < 4.78 is 20.4. The lowest BCUT2D eigenvalue weighted by Crippen LogP contribution is -2.42. The zero-order valence-corrected chi connectivity index (χ0v) is 19.1. The Morgan fingerprint density at radius 1 is 1.47 bits per heavy atom. The van der Waals surface area contributed by atoms with Crippen LogP contribution < -0.4 is 15.4 Å². The number of allylic oxidation sites excluding steroid dienone is 1. The zero-order chi connectivity index (χ0) is 24.5. The highest BCUT2D eigenvalue weighted by molar-refractivity contribution is 6.18. The van der Waals surface area contributed by atoms with Crippen molar-refractivity contribution in [1.29, 1.82) is 5.41 Å². The molecule has 0 bridgehead atoms. The van der Waals surface area contributed by atoms with E-state index in [0.717, 1.165) is 19.1 Å². The third kappa shape index (κ3) is 5.17. The fraction of sp³-hybridized carbons (Fsp3) is 0.417. The molecule has 4 N–H and O–H groups in total. The molecule has 9 nitrogen and oxygen atoms in total. The van der Waals surface area contributed by atoms with E-state index in [9.17, 15) is 19.1 Å². The summed E-state index contributed by atoms with van der Waals surface area (Å²) in [7, 11) is 0. The fourth-order valence-electron chi connectivity index (χ4n) is 3.58. The molecule has 0 aromatic heterocycles. The zero-order valence-electron chi connectivity index (χ0n) is 19.1. The van der Waals surface area contributed by atoms with E-state index in [0.29, 0.717) is 35.1 Å². The summed E-state index contributed by atoms with van der Waals surface area (Å²) in [6, 6.07) is 3.22. The number of nitrogens with zero attached hydrogens (tertiary/aromatic N) is 2. The van der Waals surface area contributed by atoms with Crippen LogP contribution in [0.4, 0.5) is 10.1 Å². The molecule has 1 atom stereocenters.